The third-order valence-corrected chi connectivity index (χ3v) is 1.62. The van der Waals surface area contributed by atoms with E-state index < -0.39 is 29.1 Å². The molecule has 1 aromatic heterocycles. The molecule has 0 fully saturated rings. The molecule has 78 valence electrons. The maximum atomic E-state index is 12.1. The van der Waals surface area contributed by atoms with Crippen molar-refractivity contribution in [3.63, 3.8) is 0 Å². The second-order valence-corrected chi connectivity index (χ2v) is 2.67. The van der Waals surface area contributed by atoms with Crippen LogP contribution in [0.25, 0.3) is 0 Å². The summed E-state index contributed by atoms with van der Waals surface area (Å²) >= 11 is 0. The molecule has 1 atom stereocenters. The van der Waals surface area contributed by atoms with Crippen molar-refractivity contribution in [3.05, 3.63) is 28.2 Å². The van der Waals surface area contributed by atoms with Gasteiger partial charge < -0.3 is 15.8 Å². The summed E-state index contributed by atoms with van der Waals surface area (Å²) in [6, 6.07) is -1.53. The van der Waals surface area contributed by atoms with Crippen LogP contribution < -0.4 is 11.3 Å². The molecule has 1 rings (SSSR count). The number of aromatic amines is 1. The summed E-state index contributed by atoms with van der Waals surface area (Å²) in [4.78, 5) is 12.6. The molecule has 1 heterocycles. The number of hydrogen-bond acceptors (Lipinski definition) is 3. The lowest BCUT2D eigenvalue weighted by atomic mass is 10.1. The zero-order valence-electron chi connectivity index (χ0n) is 6.80. The first-order valence-electron chi connectivity index (χ1n) is 3.56. The molecule has 4 nitrogen and oxygen atoms in total. The van der Waals surface area contributed by atoms with Gasteiger partial charge in [-0.2, -0.15) is 13.2 Å². The Balaban J connectivity index is 3.09. The molecule has 0 saturated carbocycles. The van der Waals surface area contributed by atoms with E-state index in [4.69, 9.17) is 10.8 Å². The van der Waals surface area contributed by atoms with Crippen LogP contribution in [0.15, 0.2) is 17.1 Å². The Hall–Kier alpha value is -1.50. The predicted octanol–water partition coefficient (Wildman–Crippen LogP) is 0.643. The van der Waals surface area contributed by atoms with Crippen LogP contribution in [-0.4, -0.2) is 16.3 Å². The normalized spacial score (nSPS) is 14.0. The number of hydrogen-bond donors (Lipinski definition) is 3. The van der Waals surface area contributed by atoms with E-state index in [2.05, 4.69) is 0 Å². The highest BCUT2D eigenvalue weighted by molar-refractivity contribution is 5.25. The van der Waals surface area contributed by atoms with E-state index in [1.54, 1.807) is 0 Å². The van der Waals surface area contributed by atoms with Gasteiger partial charge in [0.05, 0.1) is 0 Å². The van der Waals surface area contributed by atoms with Crippen molar-refractivity contribution in [1.29, 1.82) is 0 Å². The lowest BCUT2D eigenvalue weighted by molar-refractivity contribution is -0.149. The second kappa shape index (κ2) is 3.33. The number of alkyl halides is 3. The number of aromatic hydroxyl groups is 1. The molecule has 0 unspecified atom stereocenters. The van der Waals surface area contributed by atoms with Gasteiger partial charge in [0.1, 0.15) is 6.04 Å². The van der Waals surface area contributed by atoms with Gasteiger partial charge in [-0.1, -0.05) is 0 Å². The highest BCUT2D eigenvalue weighted by atomic mass is 19.4. The van der Waals surface area contributed by atoms with Gasteiger partial charge in [-0.15, -0.1) is 0 Å². The third-order valence-electron chi connectivity index (χ3n) is 1.62. The summed E-state index contributed by atoms with van der Waals surface area (Å²) in [5, 5.41) is 8.85. The van der Waals surface area contributed by atoms with Gasteiger partial charge in [0.2, 0.25) is 0 Å². The maximum Gasteiger partial charge on any atom is 0.407 e. The van der Waals surface area contributed by atoms with Crippen LogP contribution in [-0.2, 0) is 0 Å². The number of pyridine rings is 1. The molecular formula is C7H7F3N2O2. The molecule has 0 aliphatic rings. The fourth-order valence-electron chi connectivity index (χ4n) is 0.856. The van der Waals surface area contributed by atoms with Crippen LogP contribution in [0.4, 0.5) is 13.2 Å². The Morgan fingerprint density at radius 3 is 2.50 bits per heavy atom. The zero-order valence-corrected chi connectivity index (χ0v) is 6.80. The van der Waals surface area contributed by atoms with Gasteiger partial charge in [0, 0.05) is 6.20 Å². The van der Waals surface area contributed by atoms with Crippen LogP contribution in [0.3, 0.4) is 0 Å². The third kappa shape index (κ3) is 2.05. The summed E-state index contributed by atoms with van der Waals surface area (Å²) in [7, 11) is 0. The van der Waals surface area contributed by atoms with Crippen LogP contribution in [0.1, 0.15) is 11.6 Å². The van der Waals surface area contributed by atoms with E-state index in [0.717, 1.165) is 6.20 Å². The predicted molar refractivity (Wildman–Crippen MR) is 41.7 cm³/mol. The second-order valence-electron chi connectivity index (χ2n) is 2.67. The molecular weight excluding hydrogens is 201 g/mol. The van der Waals surface area contributed by atoms with Gasteiger partial charge in [0.25, 0.3) is 5.56 Å². The number of nitrogens with two attached hydrogens (primary N) is 1. The molecule has 7 heteroatoms. The minimum Gasteiger partial charge on any atom is -0.503 e. The molecule has 0 aliphatic heterocycles. The lowest BCUT2D eigenvalue weighted by Crippen LogP contribution is -2.29. The van der Waals surface area contributed by atoms with Crippen molar-refractivity contribution in [2.45, 2.75) is 12.2 Å². The van der Waals surface area contributed by atoms with Crippen LogP contribution >= 0.6 is 0 Å². The number of rotatable bonds is 1. The minimum atomic E-state index is -4.61. The van der Waals surface area contributed by atoms with Crippen molar-refractivity contribution in [2.75, 3.05) is 0 Å². The molecule has 0 aromatic carbocycles. The Morgan fingerprint density at radius 1 is 1.50 bits per heavy atom. The number of aromatic nitrogens is 1. The molecule has 0 aliphatic carbocycles. The molecule has 0 radical (unpaired) electrons. The smallest absolute Gasteiger partial charge is 0.407 e. The van der Waals surface area contributed by atoms with Crippen molar-refractivity contribution in [2.24, 2.45) is 5.73 Å². The standard InChI is InChI=1S/C7H7F3N2O2/c8-7(9,10)5(11)3-1-4(13)6(14)12-2-3/h1-2,5,13H,11H2,(H,12,14)/t5-/m0/s1. The fourth-order valence-corrected chi connectivity index (χ4v) is 0.856. The maximum absolute atomic E-state index is 12.1. The van der Waals surface area contributed by atoms with Crippen molar-refractivity contribution < 1.29 is 18.3 Å². The van der Waals surface area contributed by atoms with Crippen molar-refractivity contribution >= 4 is 0 Å². The summed E-state index contributed by atoms with van der Waals surface area (Å²) in [5.74, 6) is -0.790. The Labute approximate surface area is 76.2 Å². The van der Waals surface area contributed by atoms with Crippen LogP contribution in [0, 0.1) is 0 Å². The van der Waals surface area contributed by atoms with E-state index in [-0.39, 0.29) is 0 Å². The topological polar surface area (TPSA) is 79.1 Å². The quantitative estimate of drug-likeness (QED) is 0.633. The summed E-state index contributed by atoms with van der Waals surface area (Å²) in [6.45, 7) is 0. The average Bonchev–Trinajstić information content (AvgIpc) is 2.07. The number of nitrogens with one attached hydrogen (secondary N) is 1. The van der Waals surface area contributed by atoms with Crippen molar-refractivity contribution in [3.8, 4) is 5.75 Å². The number of H-pyrrole nitrogens is 1. The Morgan fingerprint density at radius 2 is 2.07 bits per heavy atom. The largest absolute Gasteiger partial charge is 0.503 e. The van der Waals surface area contributed by atoms with Gasteiger partial charge >= 0.3 is 6.18 Å². The first kappa shape index (κ1) is 10.6. The minimum absolute atomic E-state index is 0.394. The summed E-state index contributed by atoms with van der Waals surface area (Å²) in [5.41, 5.74) is 3.58. The summed E-state index contributed by atoms with van der Waals surface area (Å²) < 4.78 is 36.2. The Bertz CT molecular complexity index is 385. The van der Waals surface area contributed by atoms with E-state index in [9.17, 15) is 18.0 Å². The highest BCUT2D eigenvalue weighted by Crippen LogP contribution is 2.30. The van der Waals surface area contributed by atoms with Crippen LogP contribution in [0.5, 0.6) is 5.75 Å². The monoisotopic (exact) mass is 208 g/mol. The fraction of sp³-hybridized carbons (Fsp3) is 0.286. The van der Waals surface area contributed by atoms with Gasteiger partial charge in [-0.3, -0.25) is 4.79 Å². The van der Waals surface area contributed by atoms with E-state index in [1.165, 1.54) is 0 Å². The molecule has 0 saturated heterocycles. The Kier molecular flexibility index (Phi) is 2.52. The zero-order chi connectivity index (χ0) is 10.9. The van der Waals surface area contributed by atoms with Gasteiger partial charge in [-0.25, -0.2) is 0 Å². The van der Waals surface area contributed by atoms with E-state index >= 15 is 0 Å². The summed E-state index contributed by atoms with van der Waals surface area (Å²) in [6.07, 6.45) is -3.79. The van der Waals surface area contributed by atoms with E-state index in [1.807, 2.05) is 4.98 Å². The van der Waals surface area contributed by atoms with E-state index in [0.29, 0.717) is 6.07 Å². The molecule has 1 aromatic rings. The molecule has 0 spiro atoms. The molecule has 4 N–H and O–H groups in total. The average molecular weight is 208 g/mol. The number of halogens is 3. The highest BCUT2D eigenvalue weighted by Gasteiger charge is 2.38. The van der Waals surface area contributed by atoms with Gasteiger partial charge in [0.15, 0.2) is 5.75 Å². The van der Waals surface area contributed by atoms with Crippen molar-refractivity contribution in [1.82, 2.24) is 4.98 Å². The van der Waals surface area contributed by atoms with Crippen LogP contribution in [0.2, 0.25) is 0 Å². The SMILES string of the molecule is N[C@@H](c1c[nH]c(=O)c(O)c1)C(F)(F)F. The van der Waals surface area contributed by atoms with Gasteiger partial charge in [-0.05, 0) is 11.6 Å². The molecule has 0 amide bonds. The first-order chi connectivity index (χ1) is 6.32. The molecule has 0 bridgehead atoms. The lowest BCUT2D eigenvalue weighted by Gasteiger charge is -2.15. The first-order valence-corrected chi connectivity index (χ1v) is 3.56. The molecule has 14 heavy (non-hydrogen) atoms.